The van der Waals surface area contributed by atoms with Crippen molar-refractivity contribution in [3.8, 4) is 0 Å². The molecule has 112 valence electrons. The standard InChI is InChI=1S/C14H16N2O3S2/c1-6-3-4-8-9(5-6)21-12-10(8)11(17)15-14(16-12)20-7(2)13(18)19/h6-7H,3-5H2,1-2H3,(H,18,19)(H,15,16,17)/p-1/t6-,7+/m0/s1. The zero-order valence-electron chi connectivity index (χ0n) is 11.8. The second-order valence-electron chi connectivity index (χ2n) is 5.48. The number of aromatic nitrogens is 2. The molecule has 1 aliphatic carbocycles. The lowest BCUT2D eigenvalue weighted by molar-refractivity contribution is -0.304. The monoisotopic (exact) mass is 323 g/mol. The van der Waals surface area contributed by atoms with Crippen molar-refractivity contribution in [2.24, 2.45) is 5.92 Å². The summed E-state index contributed by atoms with van der Waals surface area (Å²) in [5.41, 5.74) is 0.964. The molecule has 2 aromatic heterocycles. The number of nitrogens with one attached hydrogen (secondary N) is 1. The Morgan fingerprint density at radius 1 is 1.57 bits per heavy atom. The molecule has 0 bridgehead atoms. The summed E-state index contributed by atoms with van der Waals surface area (Å²) in [5.74, 6) is -0.529. The van der Waals surface area contributed by atoms with Crippen molar-refractivity contribution in [3.63, 3.8) is 0 Å². The molecular weight excluding hydrogens is 308 g/mol. The normalized spacial score (nSPS) is 19.4. The average Bonchev–Trinajstić information content (AvgIpc) is 2.75. The van der Waals surface area contributed by atoms with Crippen LogP contribution in [-0.2, 0) is 17.6 Å². The molecule has 1 N–H and O–H groups in total. The molecule has 0 spiro atoms. The topological polar surface area (TPSA) is 85.9 Å². The van der Waals surface area contributed by atoms with Gasteiger partial charge in [0.05, 0.1) is 11.4 Å². The average molecular weight is 323 g/mol. The van der Waals surface area contributed by atoms with Crippen LogP contribution in [0.25, 0.3) is 10.2 Å². The fourth-order valence-electron chi connectivity index (χ4n) is 2.60. The first kappa shape index (κ1) is 14.6. The zero-order valence-corrected chi connectivity index (χ0v) is 13.4. The molecule has 0 unspecified atom stereocenters. The number of hydrogen-bond acceptors (Lipinski definition) is 6. The number of carbonyl (C=O) groups is 1. The molecule has 0 amide bonds. The third kappa shape index (κ3) is 2.72. The molecule has 21 heavy (non-hydrogen) atoms. The highest BCUT2D eigenvalue weighted by molar-refractivity contribution is 8.00. The van der Waals surface area contributed by atoms with Crippen LogP contribution in [0.3, 0.4) is 0 Å². The van der Waals surface area contributed by atoms with Gasteiger partial charge in [-0.1, -0.05) is 18.7 Å². The highest BCUT2D eigenvalue weighted by atomic mass is 32.2. The summed E-state index contributed by atoms with van der Waals surface area (Å²) in [6.45, 7) is 3.74. The number of rotatable bonds is 3. The lowest BCUT2D eigenvalue weighted by atomic mass is 9.89. The number of carboxylic acid groups (broad SMARTS) is 1. The molecule has 5 nitrogen and oxygen atoms in total. The van der Waals surface area contributed by atoms with Crippen LogP contribution in [0.2, 0.25) is 0 Å². The third-order valence-electron chi connectivity index (χ3n) is 3.76. The molecule has 0 radical (unpaired) electrons. The zero-order chi connectivity index (χ0) is 15.1. The Kier molecular flexibility index (Phi) is 3.79. The predicted molar refractivity (Wildman–Crippen MR) is 81.8 cm³/mol. The van der Waals surface area contributed by atoms with Crippen molar-refractivity contribution in [3.05, 3.63) is 20.8 Å². The second-order valence-corrected chi connectivity index (χ2v) is 7.90. The Hall–Kier alpha value is -1.34. The number of nitrogens with zero attached hydrogens (tertiary/aromatic N) is 1. The number of aromatic amines is 1. The minimum absolute atomic E-state index is 0.167. The van der Waals surface area contributed by atoms with Crippen molar-refractivity contribution < 1.29 is 9.90 Å². The van der Waals surface area contributed by atoms with E-state index < -0.39 is 11.2 Å². The van der Waals surface area contributed by atoms with Crippen LogP contribution in [-0.4, -0.2) is 21.2 Å². The van der Waals surface area contributed by atoms with Gasteiger partial charge in [0.25, 0.3) is 5.56 Å². The smallest absolute Gasteiger partial charge is 0.260 e. The summed E-state index contributed by atoms with van der Waals surface area (Å²) in [6, 6.07) is 0. The molecule has 2 heterocycles. The van der Waals surface area contributed by atoms with E-state index >= 15 is 0 Å². The molecule has 2 atom stereocenters. The van der Waals surface area contributed by atoms with Gasteiger partial charge in [-0.05, 0) is 37.7 Å². The molecule has 7 heteroatoms. The van der Waals surface area contributed by atoms with E-state index in [2.05, 4.69) is 16.9 Å². The summed E-state index contributed by atoms with van der Waals surface area (Å²) in [5, 5.41) is 11.1. The van der Waals surface area contributed by atoms with E-state index in [1.807, 2.05) is 0 Å². The fraction of sp³-hybridized carbons (Fsp3) is 0.500. The highest BCUT2D eigenvalue weighted by Gasteiger charge is 2.23. The fourth-order valence-corrected chi connectivity index (χ4v) is 4.77. The van der Waals surface area contributed by atoms with Gasteiger partial charge in [0.1, 0.15) is 4.83 Å². The van der Waals surface area contributed by atoms with Gasteiger partial charge in [-0.15, -0.1) is 11.3 Å². The maximum Gasteiger partial charge on any atom is 0.260 e. The van der Waals surface area contributed by atoms with Crippen LogP contribution in [0.1, 0.15) is 30.7 Å². The second kappa shape index (κ2) is 5.46. The number of aryl methyl sites for hydroxylation is 1. The first-order valence-corrected chi connectivity index (χ1v) is 8.57. The number of aliphatic carboxylic acids is 1. The van der Waals surface area contributed by atoms with E-state index in [-0.39, 0.29) is 5.56 Å². The molecule has 0 aromatic carbocycles. The SMILES string of the molecule is C[C@H]1CCc2c(sc3nc(S[C@H](C)C(=O)[O-])[nH]c(=O)c23)C1. The number of hydrogen-bond donors (Lipinski definition) is 1. The van der Waals surface area contributed by atoms with Crippen molar-refractivity contribution in [2.75, 3.05) is 0 Å². The lowest BCUT2D eigenvalue weighted by Crippen LogP contribution is -2.31. The number of carbonyl (C=O) groups excluding carboxylic acids is 1. The minimum Gasteiger partial charge on any atom is -0.549 e. The summed E-state index contributed by atoms with van der Waals surface area (Å²) >= 11 is 2.56. The van der Waals surface area contributed by atoms with Crippen LogP contribution in [0.15, 0.2) is 9.95 Å². The Labute approximate surface area is 129 Å². The van der Waals surface area contributed by atoms with Crippen LogP contribution >= 0.6 is 23.1 Å². The maximum atomic E-state index is 12.3. The highest BCUT2D eigenvalue weighted by Crippen LogP contribution is 2.36. The van der Waals surface area contributed by atoms with Gasteiger partial charge in [0.15, 0.2) is 5.16 Å². The number of thiophene rings is 1. The largest absolute Gasteiger partial charge is 0.549 e. The van der Waals surface area contributed by atoms with Gasteiger partial charge in [0, 0.05) is 10.1 Å². The molecule has 0 saturated heterocycles. The Balaban J connectivity index is 2.05. The number of carboxylic acids is 1. The summed E-state index contributed by atoms with van der Waals surface area (Å²) < 4.78 is 0. The molecular formula is C14H15N2O3S2-. The Morgan fingerprint density at radius 2 is 2.33 bits per heavy atom. The Bertz CT molecular complexity index is 765. The van der Waals surface area contributed by atoms with Crippen molar-refractivity contribution >= 4 is 39.3 Å². The van der Waals surface area contributed by atoms with Gasteiger partial charge in [-0.3, -0.25) is 4.79 Å². The maximum absolute atomic E-state index is 12.3. The van der Waals surface area contributed by atoms with Crippen LogP contribution in [0.5, 0.6) is 0 Å². The van der Waals surface area contributed by atoms with E-state index in [1.165, 1.54) is 11.8 Å². The van der Waals surface area contributed by atoms with Gasteiger partial charge in [-0.25, -0.2) is 4.98 Å². The third-order valence-corrected chi connectivity index (χ3v) is 5.87. The van der Waals surface area contributed by atoms with E-state index in [0.29, 0.717) is 21.3 Å². The summed E-state index contributed by atoms with van der Waals surface area (Å²) in [7, 11) is 0. The summed E-state index contributed by atoms with van der Waals surface area (Å²) in [4.78, 5) is 32.2. The van der Waals surface area contributed by atoms with Gasteiger partial charge >= 0.3 is 0 Å². The Morgan fingerprint density at radius 3 is 3.05 bits per heavy atom. The van der Waals surface area contributed by atoms with E-state index in [0.717, 1.165) is 36.6 Å². The van der Waals surface area contributed by atoms with Gasteiger partial charge in [0.2, 0.25) is 0 Å². The molecule has 1 aliphatic rings. The van der Waals surface area contributed by atoms with E-state index in [1.54, 1.807) is 11.3 Å². The minimum atomic E-state index is -1.16. The van der Waals surface area contributed by atoms with E-state index in [9.17, 15) is 14.7 Å². The first-order valence-electron chi connectivity index (χ1n) is 6.87. The van der Waals surface area contributed by atoms with Gasteiger partial charge < -0.3 is 14.9 Å². The van der Waals surface area contributed by atoms with E-state index in [4.69, 9.17) is 0 Å². The van der Waals surface area contributed by atoms with Crippen molar-refractivity contribution in [2.45, 2.75) is 43.5 Å². The first-order chi connectivity index (χ1) is 9.95. The molecule has 3 rings (SSSR count). The summed E-state index contributed by atoms with van der Waals surface area (Å²) in [6.07, 6.45) is 3.01. The predicted octanol–water partition coefficient (Wildman–Crippen LogP) is 1.34. The van der Waals surface area contributed by atoms with Gasteiger partial charge in [-0.2, -0.15) is 0 Å². The van der Waals surface area contributed by atoms with Crippen molar-refractivity contribution in [1.29, 1.82) is 0 Å². The molecule has 0 fully saturated rings. The molecule has 0 aliphatic heterocycles. The number of thioether (sulfide) groups is 1. The van der Waals surface area contributed by atoms with Crippen molar-refractivity contribution in [1.82, 2.24) is 9.97 Å². The number of H-pyrrole nitrogens is 1. The molecule has 0 saturated carbocycles. The van der Waals surface area contributed by atoms with Crippen LogP contribution in [0.4, 0.5) is 0 Å². The quantitative estimate of drug-likeness (QED) is 0.680. The lowest BCUT2D eigenvalue weighted by Gasteiger charge is -2.17. The molecule has 2 aromatic rings. The van der Waals surface area contributed by atoms with Crippen LogP contribution < -0.4 is 10.7 Å². The number of fused-ring (bicyclic) bond motifs is 3. The van der Waals surface area contributed by atoms with Crippen LogP contribution in [0, 0.1) is 5.92 Å².